The van der Waals surface area contributed by atoms with E-state index in [0.717, 1.165) is 5.56 Å². The van der Waals surface area contributed by atoms with Gasteiger partial charge in [-0.2, -0.15) is 0 Å². The highest BCUT2D eigenvalue weighted by Gasteiger charge is 2.11. The molecule has 1 amide bonds. The lowest BCUT2D eigenvalue weighted by atomic mass is 10.1. The van der Waals surface area contributed by atoms with Gasteiger partial charge in [-0.15, -0.1) is 0 Å². The van der Waals surface area contributed by atoms with Crippen LogP contribution in [0.15, 0.2) is 18.2 Å². The van der Waals surface area contributed by atoms with E-state index in [0.29, 0.717) is 11.3 Å². The number of nitrogens with one attached hydrogen (secondary N) is 1. The highest BCUT2D eigenvalue weighted by atomic mass is 16.5. The normalized spacial score (nSPS) is 10.2. The SMILES string of the molecule is Cc1cc(C(=O)OCC(=O)NC(C)C)ccc1N. The maximum Gasteiger partial charge on any atom is 0.338 e. The van der Waals surface area contributed by atoms with Crippen LogP contribution in [0.25, 0.3) is 0 Å². The van der Waals surface area contributed by atoms with Crippen LogP contribution in [0, 0.1) is 6.92 Å². The maximum absolute atomic E-state index is 11.7. The van der Waals surface area contributed by atoms with Gasteiger partial charge in [-0.3, -0.25) is 4.79 Å². The minimum atomic E-state index is -0.531. The predicted molar refractivity (Wildman–Crippen MR) is 69.2 cm³/mol. The van der Waals surface area contributed by atoms with Crippen molar-refractivity contribution in [1.82, 2.24) is 5.32 Å². The van der Waals surface area contributed by atoms with Gasteiger partial charge in [0.1, 0.15) is 0 Å². The first kappa shape index (κ1) is 14.0. The summed E-state index contributed by atoms with van der Waals surface area (Å²) in [6.45, 7) is 5.20. The lowest BCUT2D eigenvalue weighted by molar-refractivity contribution is -0.124. The zero-order valence-electron chi connectivity index (χ0n) is 10.8. The molecule has 1 rings (SSSR count). The molecule has 0 aliphatic carbocycles. The fraction of sp³-hybridized carbons (Fsp3) is 0.385. The van der Waals surface area contributed by atoms with Gasteiger partial charge >= 0.3 is 5.97 Å². The minimum Gasteiger partial charge on any atom is -0.452 e. The summed E-state index contributed by atoms with van der Waals surface area (Å²) in [5.41, 5.74) is 7.45. The second-order valence-electron chi connectivity index (χ2n) is 4.37. The predicted octanol–water partition coefficient (Wildman–Crippen LogP) is 1.26. The summed E-state index contributed by atoms with van der Waals surface area (Å²) < 4.78 is 4.89. The number of nitrogens with two attached hydrogens (primary N) is 1. The van der Waals surface area contributed by atoms with Crippen molar-refractivity contribution < 1.29 is 14.3 Å². The third kappa shape index (κ3) is 4.08. The molecule has 98 valence electrons. The van der Waals surface area contributed by atoms with Crippen molar-refractivity contribution in [3.63, 3.8) is 0 Å². The third-order valence-electron chi connectivity index (χ3n) is 2.29. The van der Waals surface area contributed by atoms with Crippen LogP contribution in [0.2, 0.25) is 0 Å². The Kier molecular flexibility index (Phi) is 4.71. The van der Waals surface area contributed by atoms with Crippen molar-refractivity contribution in [3.05, 3.63) is 29.3 Å². The van der Waals surface area contributed by atoms with Gasteiger partial charge in [0.2, 0.25) is 0 Å². The molecule has 0 heterocycles. The molecule has 0 atom stereocenters. The van der Waals surface area contributed by atoms with Gasteiger partial charge in [0.25, 0.3) is 5.91 Å². The highest BCUT2D eigenvalue weighted by Crippen LogP contribution is 2.13. The van der Waals surface area contributed by atoms with Gasteiger partial charge in [-0.25, -0.2) is 4.79 Å². The molecule has 0 spiro atoms. The summed E-state index contributed by atoms with van der Waals surface area (Å²) in [7, 11) is 0. The number of ether oxygens (including phenoxy) is 1. The van der Waals surface area contributed by atoms with Crippen LogP contribution < -0.4 is 11.1 Å². The van der Waals surface area contributed by atoms with Crippen LogP contribution in [0.5, 0.6) is 0 Å². The zero-order valence-corrected chi connectivity index (χ0v) is 10.8. The first-order chi connectivity index (χ1) is 8.40. The summed E-state index contributed by atoms with van der Waals surface area (Å²) in [4.78, 5) is 23.0. The van der Waals surface area contributed by atoms with Crippen molar-refractivity contribution in [2.24, 2.45) is 0 Å². The molecule has 5 nitrogen and oxygen atoms in total. The van der Waals surface area contributed by atoms with Crippen LogP contribution >= 0.6 is 0 Å². The van der Waals surface area contributed by atoms with E-state index in [-0.39, 0.29) is 18.6 Å². The molecule has 1 aromatic carbocycles. The Hall–Kier alpha value is -2.04. The number of hydrogen-bond acceptors (Lipinski definition) is 4. The average Bonchev–Trinajstić information content (AvgIpc) is 2.28. The van der Waals surface area contributed by atoms with E-state index in [2.05, 4.69) is 5.32 Å². The van der Waals surface area contributed by atoms with E-state index in [4.69, 9.17) is 10.5 Å². The Balaban J connectivity index is 2.55. The first-order valence-corrected chi connectivity index (χ1v) is 5.72. The standard InChI is InChI=1S/C13H18N2O3/c1-8(2)15-12(16)7-18-13(17)10-4-5-11(14)9(3)6-10/h4-6,8H,7,14H2,1-3H3,(H,15,16). The largest absolute Gasteiger partial charge is 0.452 e. The quantitative estimate of drug-likeness (QED) is 0.622. The Morgan fingerprint density at radius 3 is 2.61 bits per heavy atom. The Morgan fingerprint density at radius 2 is 2.06 bits per heavy atom. The number of rotatable bonds is 4. The number of nitrogen functional groups attached to an aromatic ring is 1. The zero-order chi connectivity index (χ0) is 13.7. The highest BCUT2D eigenvalue weighted by molar-refractivity contribution is 5.92. The van der Waals surface area contributed by atoms with Crippen molar-refractivity contribution in [1.29, 1.82) is 0 Å². The number of carbonyl (C=O) groups is 2. The smallest absolute Gasteiger partial charge is 0.338 e. The third-order valence-corrected chi connectivity index (χ3v) is 2.29. The molecule has 0 saturated heterocycles. The van der Waals surface area contributed by atoms with Crippen molar-refractivity contribution in [2.75, 3.05) is 12.3 Å². The maximum atomic E-state index is 11.7. The van der Waals surface area contributed by atoms with Crippen molar-refractivity contribution >= 4 is 17.6 Å². The van der Waals surface area contributed by atoms with E-state index in [1.807, 2.05) is 13.8 Å². The van der Waals surface area contributed by atoms with Crippen molar-refractivity contribution in [3.8, 4) is 0 Å². The molecule has 0 aromatic heterocycles. The summed E-state index contributed by atoms with van der Waals surface area (Å²) in [5, 5.41) is 2.63. The van der Waals surface area contributed by atoms with E-state index >= 15 is 0 Å². The van der Waals surface area contributed by atoms with E-state index in [1.165, 1.54) is 0 Å². The molecular weight excluding hydrogens is 232 g/mol. The summed E-state index contributed by atoms with van der Waals surface area (Å²) in [5.74, 6) is -0.845. The molecule has 1 aromatic rings. The second-order valence-corrected chi connectivity index (χ2v) is 4.37. The Labute approximate surface area is 106 Å². The number of benzene rings is 1. The van der Waals surface area contributed by atoms with Gasteiger partial charge in [-0.05, 0) is 44.5 Å². The van der Waals surface area contributed by atoms with Gasteiger partial charge in [0.05, 0.1) is 5.56 Å². The molecule has 5 heteroatoms. The molecule has 0 radical (unpaired) electrons. The van der Waals surface area contributed by atoms with E-state index < -0.39 is 5.97 Å². The van der Waals surface area contributed by atoms with Crippen LogP contribution in [-0.2, 0) is 9.53 Å². The molecule has 0 fully saturated rings. The number of aryl methyl sites for hydroxylation is 1. The van der Waals surface area contributed by atoms with Gasteiger partial charge < -0.3 is 15.8 Å². The fourth-order valence-corrected chi connectivity index (χ4v) is 1.38. The van der Waals surface area contributed by atoms with Gasteiger partial charge in [-0.1, -0.05) is 0 Å². The van der Waals surface area contributed by atoms with Crippen LogP contribution in [-0.4, -0.2) is 24.5 Å². The van der Waals surface area contributed by atoms with Gasteiger partial charge in [0, 0.05) is 11.7 Å². The fourth-order valence-electron chi connectivity index (χ4n) is 1.38. The summed E-state index contributed by atoms with van der Waals surface area (Å²) in [6.07, 6.45) is 0. The van der Waals surface area contributed by atoms with Crippen molar-refractivity contribution in [2.45, 2.75) is 26.8 Å². The lowest BCUT2D eigenvalue weighted by Gasteiger charge is -2.09. The number of anilines is 1. The molecule has 0 aliphatic rings. The number of amides is 1. The van der Waals surface area contributed by atoms with E-state index in [1.54, 1.807) is 25.1 Å². The topological polar surface area (TPSA) is 81.4 Å². The molecule has 18 heavy (non-hydrogen) atoms. The molecule has 3 N–H and O–H groups in total. The minimum absolute atomic E-state index is 0.0231. The number of esters is 1. The summed E-state index contributed by atoms with van der Waals surface area (Å²) in [6, 6.07) is 4.87. The second kappa shape index (κ2) is 6.05. The van der Waals surface area contributed by atoms with Gasteiger partial charge in [0.15, 0.2) is 6.61 Å². The lowest BCUT2D eigenvalue weighted by Crippen LogP contribution is -2.33. The molecular formula is C13H18N2O3. The number of carbonyl (C=O) groups excluding carboxylic acids is 2. The summed E-state index contributed by atoms with van der Waals surface area (Å²) >= 11 is 0. The Bertz CT molecular complexity index is 456. The van der Waals surface area contributed by atoms with Crippen LogP contribution in [0.3, 0.4) is 0 Å². The van der Waals surface area contributed by atoms with Crippen LogP contribution in [0.4, 0.5) is 5.69 Å². The van der Waals surface area contributed by atoms with Crippen LogP contribution in [0.1, 0.15) is 29.8 Å². The molecule has 0 bridgehead atoms. The van der Waals surface area contributed by atoms with E-state index in [9.17, 15) is 9.59 Å². The average molecular weight is 250 g/mol. The molecule has 0 saturated carbocycles. The Morgan fingerprint density at radius 1 is 1.39 bits per heavy atom. The number of hydrogen-bond donors (Lipinski definition) is 2. The first-order valence-electron chi connectivity index (χ1n) is 5.72. The molecule has 0 unspecified atom stereocenters. The monoisotopic (exact) mass is 250 g/mol. The molecule has 0 aliphatic heterocycles.